The van der Waals surface area contributed by atoms with E-state index in [0.717, 1.165) is 25.7 Å². The number of methoxy groups -OCH3 is 2. The maximum atomic E-state index is 11.4. The average molecular weight is 212 g/mol. The number of esters is 2. The molecule has 15 heavy (non-hydrogen) atoms. The van der Waals surface area contributed by atoms with Gasteiger partial charge in [-0.25, -0.2) is 0 Å². The summed E-state index contributed by atoms with van der Waals surface area (Å²) in [5.74, 6) is -0.244. The van der Waals surface area contributed by atoms with Gasteiger partial charge in [-0.1, -0.05) is 0 Å². The van der Waals surface area contributed by atoms with Crippen molar-refractivity contribution in [3.63, 3.8) is 0 Å². The van der Waals surface area contributed by atoms with Crippen LogP contribution in [0.15, 0.2) is 0 Å². The van der Waals surface area contributed by atoms with E-state index >= 15 is 0 Å². The molecule has 2 saturated carbocycles. The summed E-state index contributed by atoms with van der Waals surface area (Å²) in [4.78, 5) is 22.6. The third-order valence-electron chi connectivity index (χ3n) is 4.00. The molecule has 4 nitrogen and oxygen atoms in total. The van der Waals surface area contributed by atoms with Crippen LogP contribution in [0, 0.1) is 17.3 Å². The van der Waals surface area contributed by atoms with Crippen LogP contribution in [0.2, 0.25) is 0 Å². The monoisotopic (exact) mass is 212 g/mol. The Morgan fingerprint density at radius 1 is 1.13 bits per heavy atom. The van der Waals surface area contributed by atoms with E-state index in [4.69, 9.17) is 4.74 Å². The zero-order valence-corrected chi connectivity index (χ0v) is 9.12. The lowest BCUT2D eigenvalue weighted by molar-refractivity contribution is -0.180. The molecule has 0 aromatic carbocycles. The average Bonchev–Trinajstić information content (AvgIpc) is 2.13. The Kier molecular flexibility index (Phi) is 2.44. The molecule has 4 heteroatoms. The van der Waals surface area contributed by atoms with Crippen molar-refractivity contribution in [2.45, 2.75) is 25.7 Å². The molecule has 0 aromatic heterocycles. The highest BCUT2D eigenvalue weighted by Gasteiger charge is 2.60. The quantitative estimate of drug-likeness (QED) is 0.644. The van der Waals surface area contributed by atoms with Crippen LogP contribution in [0.4, 0.5) is 0 Å². The molecule has 0 aliphatic heterocycles. The molecule has 1 atom stereocenters. The Bertz CT molecular complexity index is 291. The standard InChI is InChI=1S/C11H16O4/c1-14-9(12)7-5-11(6-7)4-3-8(11)10(13)15-2/h7-8H,3-6H2,1-2H3. The van der Waals surface area contributed by atoms with Crippen molar-refractivity contribution in [2.24, 2.45) is 17.3 Å². The first-order valence-electron chi connectivity index (χ1n) is 5.28. The van der Waals surface area contributed by atoms with E-state index in [0.29, 0.717) is 0 Å². The minimum Gasteiger partial charge on any atom is -0.469 e. The van der Waals surface area contributed by atoms with Gasteiger partial charge in [0.25, 0.3) is 0 Å². The van der Waals surface area contributed by atoms with Crippen molar-refractivity contribution in [3.05, 3.63) is 0 Å². The van der Waals surface area contributed by atoms with Gasteiger partial charge < -0.3 is 9.47 Å². The zero-order chi connectivity index (χ0) is 11.1. The fourth-order valence-corrected chi connectivity index (χ4v) is 2.95. The summed E-state index contributed by atoms with van der Waals surface area (Å²) in [6.07, 6.45) is 3.53. The minimum atomic E-state index is -0.142. The van der Waals surface area contributed by atoms with Gasteiger partial charge in [-0.15, -0.1) is 0 Å². The SMILES string of the molecule is COC(=O)C1CC2(CCC2C(=O)OC)C1. The second kappa shape index (κ2) is 3.51. The van der Waals surface area contributed by atoms with Gasteiger partial charge in [0, 0.05) is 0 Å². The van der Waals surface area contributed by atoms with Crippen LogP contribution in [0.25, 0.3) is 0 Å². The van der Waals surface area contributed by atoms with Crippen molar-refractivity contribution in [3.8, 4) is 0 Å². The highest BCUT2D eigenvalue weighted by molar-refractivity contribution is 5.78. The van der Waals surface area contributed by atoms with Gasteiger partial charge in [0.05, 0.1) is 26.1 Å². The lowest BCUT2D eigenvalue weighted by Crippen LogP contribution is -2.55. The molecule has 1 spiro atoms. The van der Waals surface area contributed by atoms with Crippen LogP contribution in [0.1, 0.15) is 25.7 Å². The molecule has 0 heterocycles. The van der Waals surface area contributed by atoms with Gasteiger partial charge in [-0.05, 0) is 31.1 Å². The van der Waals surface area contributed by atoms with Gasteiger partial charge in [0.15, 0.2) is 0 Å². The Balaban J connectivity index is 1.92. The molecule has 84 valence electrons. The van der Waals surface area contributed by atoms with Gasteiger partial charge >= 0.3 is 11.9 Å². The molecule has 2 fully saturated rings. The summed E-state index contributed by atoms with van der Waals surface area (Å²) < 4.78 is 9.44. The van der Waals surface area contributed by atoms with E-state index in [-0.39, 0.29) is 29.2 Å². The molecule has 2 rings (SSSR count). The van der Waals surface area contributed by atoms with Crippen molar-refractivity contribution in [1.82, 2.24) is 0 Å². The normalized spacial score (nSPS) is 37.7. The Hall–Kier alpha value is -1.06. The van der Waals surface area contributed by atoms with Gasteiger partial charge in [0.1, 0.15) is 0 Å². The van der Waals surface area contributed by atoms with Crippen LogP contribution in [0.3, 0.4) is 0 Å². The summed E-state index contributed by atoms with van der Waals surface area (Å²) in [5.41, 5.74) is 0.0615. The third-order valence-corrected chi connectivity index (χ3v) is 4.00. The second-order valence-corrected chi connectivity index (χ2v) is 4.61. The molecule has 0 bridgehead atoms. The Morgan fingerprint density at radius 3 is 2.13 bits per heavy atom. The lowest BCUT2D eigenvalue weighted by atomic mass is 9.46. The van der Waals surface area contributed by atoms with Gasteiger partial charge in [-0.3, -0.25) is 9.59 Å². The molecule has 0 N–H and O–H groups in total. The first kappa shape index (κ1) is 10.5. The summed E-state index contributed by atoms with van der Waals surface area (Å²) in [5, 5.41) is 0. The summed E-state index contributed by atoms with van der Waals surface area (Å²) in [6.45, 7) is 0. The maximum Gasteiger partial charge on any atom is 0.309 e. The van der Waals surface area contributed by atoms with E-state index in [9.17, 15) is 9.59 Å². The molecule has 0 amide bonds. The van der Waals surface area contributed by atoms with Crippen LogP contribution in [-0.2, 0) is 19.1 Å². The predicted octanol–water partition coefficient (Wildman–Crippen LogP) is 1.14. The molecule has 0 saturated heterocycles. The topological polar surface area (TPSA) is 52.6 Å². The van der Waals surface area contributed by atoms with Crippen LogP contribution in [-0.4, -0.2) is 26.2 Å². The number of hydrogen-bond acceptors (Lipinski definition) is 4. The van der Waals surface area contributed by atoms with Crippen molar-refractivity contribution >= 4 is 11.9 Å². The van der Waals surface area contributed by atoms with Crippen LogP contribution < -0.4 is 0 Å². The van der Waals surface area contributed by atoms with Gasteiger partial charge in [-0.2, -0.15) is 0 Å². The van der Waals surface area contributed by atoms with E-state index in [1.807, 2.05) is 0 Å². The van der Waals surface area contributed by atoms with E-state index in [1.54, 1.807) is 0 Å². The van der Waals surface area contributed by atoms with Crippen molar-refractivity contribution < 1.29 is 19.1 Å². The van der Waals surface area contributed by atoms with E-state index in [1.165, 1.54) is 14.2 Å². The second-order valence-electron chi connectivity index (χ2n) is 4.61. The fraction of sp³-hybridized carbons (Fsp3) is 0.818. The largest absolute Gasteiger partial charge is 0.469 e. The minimum absolute atomic E-state index is 0.00227. The van der Waals surface area contributed by atoms with E-state index in [2.05, 4.69) is 4.74 Å². The van der Waals surface area contributed by atoms with Crippen LogP contribution >= 0.6 is 0 Å². The Morgan fingerprint density at radius 2 is 1.73 bits per heavy atom. The number of rotatable bonds is 2. The molecule has 0 radical (unpaired) electrons. The fourth-order valence-electron chi connectivity index (χ4n) is 2.95. The molecule has 2 aliphatic carbocycles. The summed E-state index contributed by atoms with van der Waals surface area (Å²) in [7, 11) is 2.83. The molecule has 2 aliphatic rings. The number of carbonyl (C=O) groups is 2. The molecule has 1 unspecified atom stereocenters. The highest BCUT2D eigenvalue weighted by atomic mass is 16.5. The molecular weight excluding hydrogens is 196 g/mol. The first-order valence-corrected chi connectivity index (χ1v) is 5.28. The third kappa shape index (κ3) is 1.43. The summed E-state index contributed by atoms with van der Waals surface area (Å²) >= 11 is 0. The molecular formula is C11H16O4. The smallest absolute Gasteiger partial charge is 0.309 e. The number of carbonyl (C=O) groups excluding carboxylic acids is 2. The maximum absolute atomic E-state index is 11.4. The number of hydrogen-bond donors (Lipinski definition) is 0. The van der Waals surface area contributed by atoms with E-state index < -0.39 is 0 Å². The van der Waals surface area contributed by atoms with Crippen molar-refractivity contribution in [2.75, 3.05) is 14.2 Å². The predicted molar refractivity (Wildman–Crippen MR) is 51.9 cm³/mol. The summed E-state index contributed by atoms with van der Waals surface area (Å²) in [6, 6.07) is 0. The van der Waals surface area contributed by atoms with Gasteiger partial charge in [0.2, 0.25) is 0 Å². The highest BCUT2D eigenvalue weighted by Crippen LogP contribution is 2.62. The first-order chi connectivity index (χ1) is 7.13. The zero-order valence-electron chi connectivity index (χ0n) is 9.12. The van der Waals surface area contributed by atoms with Crippen molar-refractivity contribution in [1.29, 1.82) is 0 Å². The molecule has 0 aromatic rings. The number of ether oxygens (including phenoxy) is 2. The Labute approximate surface area is 88.9 Å². The lowest BCUT2D eigenvalue weighted by Gasteiger charge is -2.57. The van der Waals surface area contributed by atoms with Crippen LogP contribution in [0.5, 0.6) is 0 Å².